The maximum Gasteiger partial charge on any atom is 0.416 e. The van der Waals surface area contributed by atoms with Crippen LogP contribution in [0.25, 0.3) is 0 Å². The van der Waals surface area contributed by atoms with E-state index in [1.807, 2.05) is 0 Å². The average molecular weight is 361 g/mol. The van der Waals surface area contributed by atoms with Crippen molar-refractivity contribution in [1.82, 2.24) is 15.2 Å². The minimum Gasteiger partial charge on any atom is -0.497 e. The number of aromatic nitrogens is 3. The zero-order chi connectivity index (χ0) is 18.6. The second-order valence-corrected chi connectivity index (χ2v) is 5.22. The predicted molar refractivity (Wildman–Crippen MR) is 90.8 cm³/mol. The number of anilines is 4. The van der Waals surface area contributed by atoms with Crippen LogP contribution in [-0.4, -0.2) is 22.3 Å². The van der Waals surface area contributed by atoms with Crippen LogP contribution in [-0.2, 0) is 6.18 Å². The summed E-state index contributed by atoms with van der Waals surface area (Å²) in [6.45, 7) is 0. The van der Waals surface area contributed by atoms with Crippen molar-refractivity contribution in [2.24, 2.45) is 0 Å². The first-order chi connectivity index (χ1) is 12.4. The Morgan fingerprint density at radius 1 is 0.962 bits per heavy atom. The quantitative estimate of drug-likeness (QED) is 0.702. The molecule has 1 aromatic heterocycles. The molecule has 26 heavy (non-hydrogen) atoms. The second kappa shape index (κ2) is 7.26. The van der Waals surface area contributed by atoms with Gasteiger partial charge < -0.3 is 15.4 Å². The van der Waals surface area contributed by atoms with Gasteiger partial charge in [-0.1, -0.05) is 6.07 Å². The summed E-state index contributed by atoms with van der Waals surface area (Å²) >= 11 is 0. The highest BCUT2D eigenvalue weighted by atomic mass is 19.4. The van der Waals surface area contributed by atoms with Crippen molar-refractivity contribution in [3.8, 4) is 5.75 Å². The molecule has 3 rings (SSSR count). The molecule has 2 N–H and O–H groups in total. The van der Waals surface area contributed by atoms with Gasteiger partial charge in [-0.2, -0.15) is 23.3 Å². The minimum atomic E-state index is -4.42. The van der Waals surface area contributed by atoms with Crippen LogP contribution in [0.2, 0.25) is 0 Å². The SMILES string of the molecule is COc1ccc(Nc2cnnc(Nc3cccc(C(F)(F)F)c3)n2)cc1. The molecule has 0 aliphatic heterocycles. The molecule has 6 nitrogen and oxygen atoms in total. The fraction of sp³-hybridized carbons (Fsp3) is 0.118. The summed E-state index contributed by atoms with van der Waals surface area (Å²) in [5.41, 5.74) is 0.197. The van der Waals surface area contributed by atoms with Crippen molar-refractivity contribution in [3.05, 3.63) is 60.3 Å². The van der Waals surface area contributed by atoms with Crippen LogP contribution in [0.1, 0.15) is 5.56 Å². The van der Waals surface area contributed by atoms with Gasteiger partial charge in [-0.25, -0.2) is 0 Å². The van der Waals surface area contributed by atoms with Gasteiger partial charge in [-0.3, -0.25) is 0 Å². The maximum atomic E-state index is 12.8. The first kappa shape index (κ1) is 17.5. The fourth-order valence-electron chi connectivity index (χ4n) is 2.14. The van der Waals surface area contributed by atoms with Crippen LogP contribution in [0.15, 0.2) is 54.7 Å². The van der Waals surface area contributed by atoms with E-state index >= 15 is 0 Å². The molecule has 0 spiro atoms. The third-order valence-corrected chi connectivity index (χ3v) is 3.37. The van der Waals surface area contributed by atoms with Gasteiger partial charge in [0.1, 0.15) is 5.75 Å². The maximum absolute atomic E-state index is 12.8. The lowest BCUT2D eigenvalue weighted by Gasteiger charge is -2.10. The number of benzene rings is 2. The number of nitrogens with one attached hydrogen (secondary N) is 2. The average Bonchev–Trinajstić information content (AvgIpc) is 2.62. The molecule has 9 heteroatoms. The number of nitrogens with zero attached hydrogens (tertiary/aromatic N) is 3. The molecule has 0 amide bonds. The van der Waals surface area contributed by atoms with Crippen molar-refractivity contribution in [2.45, 2.75) is 6.18 Å². The number of ether oxygens (including phenoxy) is 1. The summed E-state index contributed by atoms with van der Waals surface area (Å²) in [6.07, 6.45) is -3.02. The van der Waals surface area contributed by atoms with Crippen LogP contribution >= 0.6 is 0 Å². The van der Waals surface area contributed by atoms with Gasteiger partial charge in [0.25, 0.3) is 0 Å². The Hall–Kier alpha value is -3.36. The van der Waals surface area contributed by atoms with Gasteiger partial charge in [0, 0.05) is 11.4 Å². The van der Waals surface area contributed by atoms with E-state index in [0.717, 1.165) is 17.8 Å². The van der Waals surface area contributed by atoms with E-state index in [0.29, 0.717) is 11.6 Å². The van der Waals surface area contributed by atoms with E-state index < -0.39 is 11.7 Å². The van der Waals surface area contributed by atoms with Crippen molar-refractivity contribution >= 4 is 23.1 Å². The van der Waals surface area contributed by atoms with Crippen LogP contribution < -0.4 is 15.4 Å². The zero-order valence-corrected chi connectivity index (χ0v) is 13.6. The lowest BCUT2D eigenvalue weighted by Crippen LogP contribution is -2.06. The van der Waals surface area contributed by atoms with Gasteiger partial charge in [0.15, 0.2) is 5.82 Å². The van der Waals surface area contributed by atoms with E-state index in [1.54, 1.807) is 31.4 Å². The summed E-state index contributed by atoms with van der Waals surface area (Å²) in [5.74, 6) is 1.17. The zero-order valence-electron chi connectivity index (χ0n) is 13.6. The number of alkyl halides is 3. The molecule has 0 saturated heterocycles. The molecule has 0 bridgehead atoms. The third kappa shape index (κ3) is 4.38. The standard InChI is InChI=1S/C17H14F3N5O/c1-26-14-7-5-12(6-8-14)22-15-10-21-25-16(24-15)23-13-4-2-3-11(9-13)17(18,19)20/h2-10H,1H3,(H2,22,23,24,25). The first-order valence-corrected chi connectivity index (χ1v) is 7.49. The molecule has 0 aliphatic carbocycles. The number of hydrogen-bond donors (Lipinski definition) is 2. The van der Waals surface area contributed by atoms with Crippen molar-refractivity contribution < 1.29 is 17.9 Å². The highest BCUT2D eigenvalue weighted by molar-refractivity contribution is 5.59. The van der Waals surface area contributed by atoms with Crippen LogP contribution in [0.4, 0.5) is 36.3 Å². The van der Waals surface area contributed by atoms with E-state index in [4.69, 9.17) is 4.74 Å². The summed E-state index contributed by atoms with van der Waals surface area (Å²) in [7, 11) is 1.57. The van der Waals surface area contributed by atoms with Gasteiger partial charge in [-0.15, -0.1) is 5.10 Å². The Labute approximate surface area is 147 Å². The Kier molecular flexibility index (Phi) is 4.87. The third-order valence-electron chi connectivity index (χ3n) is 3.37. The number of halogens is 3. The van der Waals surface area contributed by atoms with E-state index in [1.165, 1.54) is 18.3 Å². The molecule has 0 aliphatic rings. The van der Waals surface area contributed by atoms with Gasteiger partial charge in [0.2, 0.25) is 5.95 Å². The topological polar surface area (TPSA) is 72.0 Å². The fourth-order valence-corrected chi connectivity index (χ4v) is 2.14. The molecule has 134 valence electrons. The normalized spacial score (nSPS) is 11.1. The molecule has 0 saturated carbocycles. The number of rotatable bonds is 5. The molecule has 0 radical (unpaired) electrons. The molecule has 2 aromatic carbocycles. The Morgan fingerprint density at radius 2 is 1.73 bits per heavy atom. The van der Waals surface area contributed by atoms with Crippen molar-refractivity contribution in [2.75, 3.05) is 17.7 Å². The smallest absolute Gasteiger partial charge is 0.416 e. The summed E-state index contributed by atoms with van der Waals surface area (Å²) in [4.78, 5) is 4.19. The summed E-state index contributed by atoms with van der Waals surface area (Å²) in [5, 5.41) is 13.3. The largest absolute Gasteiger partial charge is 0.497 e. The lowest BCUT2D eigenvalue weighted by molar-refractivity contribution is -0.137. The minimum absolute atomic E-state index is 0.0721. The van der Waals surface area contributed by atoms with Crippen molar-refractivity contribution in [1.29, 1.82) is 0 Å². The number of hydrogen-bond acceptors (Lipinski definition) is 6. The Morgan fingerprint density at radius 3 is 2.42 bits per heavy atom. The summed E-state index contributed by atoms with van der Waals surface area (Å²) < 4.78 is 43.4. The highest BCUT2D eigenvalue weighted by Gasteiger charge is 2.30. The molecular formula is C17H14F3N5O. The first-order valence-electron chi connectivity index (χ1n) is 7.49. The van der Waals surface area contributed by atoms with Gasteiger partial charge >= 0.3 is 6.18 Å². The van der Waals surface area contributed by atoms with Crippen LogP contribution in [0.3, 0.4) is 0 Å². The van der Waals surface area contributed by atoms with Crippen molar-refractivity contribution in [3.63, 3.8) is 0 Å². The molecule has 0 fully saturated rings. The number of methoxy groups -OCH3 is 1. The molecule has 1 heterocycles. The van der Waals surface area contributed by atoms with Gasteiger partial charge in [-0.05, 0) is 42.5 Å². The summed E-state index contributed by atoms with van der Waals surface area (Å²) in [6, 6.07) is 11.9. The Bertz CT molecular complexity index is 884. The molecule has 3 aromatic rings. The molecule has 0 atom stereocenters. The van der Waals surface area contributed by atoms with E-state index in [9.17, 15) is 13.2 Å². The molecule has 0 unspecified atom stereocenters. The monoisotopic (exact) mass is 361 g/mol. The van der Waals surface area contributed by atoms with Crippen LogP contribution in [0.5, 0.6) is 5.75 Å². The molecular weight excluding hydrogens is 347 g/mol. The lowest BCUT2D eigenvalue weighted by atomic mass is 10.2. The van der Waals surface area contributed by atoms with Crippen LogP contribution in [0, 0.1) is 0 Å². The highest BCUT2D eigenvalue weighted by Crippen LogP contribution is 2.31. The van der Waals surface area contributed by atoms with E-state index in [-0.39, 0.29) is 11.6 Å². The second-order valence-electron chi connectivity index (χ2n) is 5.22. The Balaban J connectivity index is 1.75. The van der Waals surface area contributed by atoms with Gasteiger partial charge in [0.05, 0.1) is 18.9 Å². The van der Waals surface area contributed by atoms with E-state index in [2.05, 4.69) is 25.8 Å². The predicted octanol–water partition coefficient (Wildman–Crippen LogP) is 4.39.